The van der Waals surface area contributed by atoms with Crippen molar-refractivity contribution in [1.29, 1.82) is 0 Å². The average molecular weight is 752 g/mol. The van der Waals surface area contributed by atoms with Gasteiger partial charge in [0.1, 0.15) is 23.5 Å². The van der Waals surface area contributed by atoms with Gasteiger partial charge in [-0.15, -0.1) is 0 Å². The van der Waals surface area contributed by atoms with E-state index < -0.39 is 96.7 Å². The Balaban J connectivity index is 2.03. The molecule has 0 saturated carbocycles. The minimum atomic E-state index is -5.16. The number of benzene rings is 2. The Bertz CT molecular complexity index is 1780. The molecular formula is C30H34ClF4N5O9S. The Morgan fingerprint density at radius 3 is 2.14 bits per heavy atom. The van der Waals surface area contributed by atoms with Crippen molar-refractivity contribution in [1.82, 2.24) is 21.5 Å². The number of nitrogens with one attached hydrogen (secondary N) is 4. The van der Waals surface area contributed by atoms with Gasteiger partial charge in [0.05, 0.1) is 41.0 Å². The van der Waals surface area contributed by atoms with Crippen LogP contribution in [0.4, 0.5) is 32.8 Å². The highest BCUT2D eigenvalue weighted by Crippen LogP contribution is 2.36. The molecule has 1 aliphatic rings. The molecule has 0 bridgehead atoms. The van der Waals surface area contributed by atoms with Crippen LogP contribution in [0.1, 0.15) is 50.5 Å². The zero-order valence-electron chi connectivity index (χ0n) is 27.5. The molecule has 3 rings (SSSR count). The molecular weight excluding hydrogens is 718 g/mol. The molecule has 5 amide bonds. The Morgan fingerprint density at radius 2 is 1.60 bits per heavy atom. The third-order valence-corrected chi connectivity index (χ3v) is 9.21. The van der Waals surface area contributed by atoms with Gasteiger partial charge in [-0.05, 0) is 64.4 Å². The minimum Gasteiger partial charge on any atom is -0.453 e. The van der Waals surface area contributed by atoms with Crippen LogP contribution in [0.25, 0.3) is 0 Å². The van der Waals surface area contributed by atoms with Gasteiger partial charge in [0.2, 0.25) is 5.91 Å². The highest BCUT2D eigenvalue weighted by molar-refractivity contribution is 7.91. The summed E-state index contributed by atoms with van der Waals surface area (Å²) >= 11 is 5.97. The van der Waals surface area contributed by atoms with Gasteiger partial charge in [0.15, 0.2) is 9.84 Å². The summed E-state index contributed by atoms with van der Waals surface area (Å²) in [4.78, 5) is 64.1. The van der Waals surface area contributed by atoms with Crippen LogP contribution in [-0.4, -0.2) is 75.0 Å². The zero-order chi connectivity index (χ0) is 38.0. The summed E-state index contributed by atoms with van der Waals surface area (Å²) in [6.07, 6.45) is -7.78. The number of carbonyl (C=O) groups excluding carboxylic acids is 5. The second-order valence-electron chi connectivity index (χ2n) is 12.6. The molecule has 1 unspecified atom stereocenters. The molecule has 0 saturated heterocycles. The normalized spacial score (nSPS) is 16.7. The van der Waals surface area contributed by atoms with E-state index in [0.717, 1.165) is 25.9 Å². The number of fused-ring (bicyclic) bond motifs is 1. The predicted octanol–water partition coefficient (Wildman–Crippen LogP) is 3.77. The van der Waals surface area contributed by atoms with Crippen LogP contribution in [0.2, 0.25) is 5.02 Å². The summed E-state index contributed by atoms with van der Waals surface area (Å²) in [5.74, 6) is -6.39. The monoisotopic (exact) mass is 751 g/mol. The summed E-state index contributed by atoms with van der Waals surface area (Å²) in [6.45, 7) is 5.85. The van der Waals surface area contributed by atoms with Crippen LogP contribution in [0.5, 0.6) is 0 Å². The minimum absolute atomic E-state index is 0.331. The molecule has 0 spiro atoms. The number of carbonyl (C=O) groups is 5. The van der Waals surface area contributed by atoms with Gasteiger partial charge < -0.3 is 25.0 Å². The quantitative estimate of drug-likeness (QED) is 0.241. The van der Waals surface area contributed by atoms with E-state index in [-0.39, 0.29) is 6.54 Å². The van der Waals surface area contributed by atoms with Crippen molar-refractivity contribution < 1.29 is 59.4 Å². The number of hydrazine groups is 1. The van der Waals surface area contributed by atoms with E-state index in [1.165, 1.54) is 50.4 Å². The molecule has 0 radical (unpaired) electrons. The second kappa shape index (κ2) is 14.7. The topological polar surface area (TPSA) is 189 Å². The van der Waals surface area contributed by atoms with Crippen LogP contribution < -0.4 is 26.4 Å². The van der Waals surface area contributed by atoms with Gasteiger partial charge in [0, 0.05) is 5.02 Å². The van der Waals surface area contributed by atoms with Crippen molar-refractivity contribution in [3.05, 3.63) is 58.4 Å². The first-order valence-corrected chi connectivity index (χ1v) is 16.5. The fourth-order valence-electron chi connectivity index (χ4n) is 4.67. The van der Waals surface area contributed by atoms with Crippen molar-refractivity contribution in [3.63, 3.8) is 0 Å². The van der Waals surface area contributed by atoms with E-state index >= 15 is 4.39 Å². The highest BCUT2D eigenvalue weighted by atomic mass is 35.5. The number of sulfone groups is 1. The standard InChI is InChI=1S/C30H34ClF4N5O9S/c1-28(2,3)49-27(45)36-19-14-50(46,47)21-12-18(32)17(11-20(21)40(23(19)42)13-15-7-9-16(31)10-8-15)22(41)38-39-25(43)29(4,5)24(30(33,34)35)37-26(44)48-6/h7-12,19,24H,13-14H2,1-6H3,(H,36,45)(H,37,44)(H,38,41)(H,39,43)/t19-,24?/m0/s1. The first-order valence-electron chi connectivity index (χ1n) is 14.5. The lowest BCUT2D eigenvalue weighted by atomic mass is 9.83. The number of alkyl halides is 3. The van der Waals surface area contributed by atoms with E-state index in [1.54, 1.807) is 10.9 Å². The lowest BCUT2D eigenvalue weighted by Gasteiger charge is -2.34. The maximum atomic E-state index is 15.5. The molecule has 14 nitrogen and oxygen atoms in total. The lowest BCUT2D eigenvalue weighted by Crippen LogP contribution is -2.61. The summed E-state index contributed by atoms with van der Waals surface area (Å²) in [5, 5.41) is 4.06. The molecule has 0 aromatic heterocycles. The molecule has 0 aliphatic carbocycles. The first kappa shape index (κ1) is 39.8. The second-order valence-corrected chi connectivity index (χ2v) is 15.0. The Hall–Kier alpha value is -4.65. The fraction of sp³-hybridized carbons (Fsp3) is 0.433. The first-order chi connectivity index (χ1) is 22.9. The van der Waals surface area contributed by atoms with Crippen LogP contribution in [0.15, 0.2) is 41.3 Å². The summed E-state index contributed by atoms with van der Waals surface area (Å²) in [5.41, 5.74) is -1.00. The fourth-order valence-corrected chi connectivity index (χ4v) is 6.42. The van der Waals surface area contributed by atoms with Gasteiger partial charge in [-0.1, -0.05) is 23.7 Å². The molecule has 50 heavy (non-hydrogen) atoms. The molecule has 1 heterocycles. The van der Waals surface area contributed by atoms with E-state index in [9.17, 15) is 45.6 Å². The molecule has 274 valence electrons. The third kappa shape index (κ3) is 9.52. The van der Waals surface area contributed by atoms with E-state index in [4.69, 9.17) is 16.3 Å². The maximum absolute atomic E-state index is 15.5. The molecule has 2 aromatic rings. The molecule has 2 atom stereocenters. The van der Waals surface area contributed by atoms with Crippen LogP contribution >= 0.6 is 11.6 Å². The molecule has 1 aliphatic heterocycles. The average Bonchev–Trinajstić information content (AvgIpc) is 3.05. The number of halogens is 5. The summed E-state index contributed by atoms with van der Waals surface area (Å²) < 4.78 is 93.1. The Kier molecular flexibility index (Phi) is 11.7. The Morgan fingerprint density at radius 1 is 1.00 bits per heavy atom. The van der Waals surface area contributed by atoms with Crippen LogP contribution in [0.3, 0.4) is 0 Å². The number of anilines is 1. The number of methoxy groups -OCH3 is 1. The molecule has 2 aromatic carbocycles. The summed E-state index contributed by atoms with van der Waals surface area (Å²) in [6, 6.07) is 2.58. The van der Waals surface area contributed by atoms with E-state index in [0.29, 0.717) is 22.7 Å². The van der Waals surface area contributed by atoms with Gasteiger partial charge >= 0.3 is 18.4 Å². The number of nitrogens with zero attached hydrogens (tertiary/aromatic N) is 1. The van der Waals surface area contributed by atoms with Crippen LogP contribution in [0, 0.1) is 11.2 Å². The Labute approximate surface area is 289 Å². The van der Waals surface area contributed by atoms with Gasteiger partial charge in [0.25, 0.3) is 11.8 Å². The number of ether oxygens (including phenoxy) is 2. The molecule has 20 heteroatoms. The lowest BCUT2D eigenvalue weighted by molar-refractivity contribution is -0.183. The van der Waals surface area contributed by atoms with Crippen LogP contribution in [-0.2, 0) is 35.4 Å². The largest absolute Gasteiger partial charge is 0.453 e. The number of hydrogen-bond acceptors (Lipinski definition) is 9. The SMILES string of the molecule is COC(=O)NC(C(F)(F)F)C(C)(C)C(=O)NNC(=O)c1cc2c(cc1F)S(=O)(=O)C[C@H](NC(=O)OC(C)(C)C)C(=O)N2Cc1ccc(Cl)cc1. The number of hydrogen-bond donors (Lipinski definition) is 4. The van der Waals surface area contributed by atoms with Gasteiger partial charge in [-0.2, -0.15) is 13.2 Å². The maximum Gasteiger partial charge on any atom is 0.409 e. The summed E-state index contributed by atoms with van der Waals surface area (Å²) in [7, 11) is -3.77. The van der Waals surface area contributed by atoms with E-state index in [2.05, 4.69) is 10.1 Å². The number of alkyl carbamates (subject to hydrolysis) is 2. The third-order valence-electron chi connectivity index (χ3n) is 7.19. The van der Waals surface area contributed by atoms with Crippen molar-refractivity contribution in [2.45, 2.75) is 69.9 Å². The number of amides is 5. The number of rotatable bonds is 7. The zero-order valence-corrected chi connectivity index (χ0v) is 29.0. The molecule has 4 N–H and O–H groups in total. The van der Waals surface area contributed by atoms with Gasteiger partial charge in [-0.3, -0.25) is 25.2 Å². The predicted molar refractivity (Wildman–Crippen MR) is 169 cm³/mol. The van der Waals surface area contributed by atoms with Gasteiger partial charge in [-0.25, -0.2) is 22.4 Å². The molecule has 0 fully saturated rings. The van der Waals surface area contributed by atoms with E-state index in [1.807, 2.05) is 0 Å². The smallest absolute Gasteiger partial charge is 0.409 e. The van der Waals surface area contributed by atoms with Crippen molar-refractivity contribution in [2.75, 3.05) is 17.8 Å². The van der Waals surface area contributed by atoms with Crippen molar-refractivity contribution in [3.8, 4) is 0 Å². The van der Waals surface area contributed by atoms with Crippen molar-refractivity contribution >= 4 is 57.0 Å². The highest BCUT2D eigenvalue weighted by Gasteiger charge is 2.54. The van der Waals surface area contributed by atoms with Crippen molar-refractivity contribution in [2.24, 2.45) is 5.41 Å².